The number of carbonyl (C=O) groups excluding carboxylic acids is 1. The lowest BCUT2D eigenvalue weighted by atomic mass is 10.1. The van der Waals surface area contributed by atoms with E-state index < -0.39 is 5.97 Å². The van der Waals surface area contributed by atoms with Crippen LogP contribution in [0.15, 0.2) is 90.0 Å². The minimum atomic E-state index is -0.810. The minimum Gasteiger partial charge on any atom is -0.489 e. The van der Waals surface area contributed by atoms with Crippen LogP contribution in [-0.2, 0) is 16.2 Å². The minimum absolute atomic E-state index is 0.126. The summed E-state index contributed by atoms with van der Waals surface area (Å²) in [6, 6.07) is 25.0. The Morgan fingerprint density at radius 1 is 1.00 bits per heavy atom. The van der Waals surface area contributed by atoms with Gasteiger partial charge < -0.3 is 9.84 Å². The number of rotatable bonds is 12. The molecule has 0 radical (unpaired) electrons. The van der Waals surface area contributed by atoms with Gasteiger partial charge in [0.1, 0.15) is 16.7 Å². The fraction of sp³-hybridized carbons (Fsp3) is 0.188. The molecule has 1 fully saturated rings. The monoisotopic (exact) mass is 617 g/mol. The fourth-order valence-electron chi connectivity index (χ4n) is 4.47. The van der Waals surface area contributed by atoms with Crippen molar-refractivity contribution in [3.05, 3.63) is 106 Å². The average molecular weight is 618 g/mol. The van der Waals surface area contributed by atoms with E-state index in [9.17, 15) is 9.59 Å². The molecule has 0 spiro atoms. The Hall–Kier alpha value is -3.92. The van der Waals surface area contributed by atoms with Gasteiger partial charge in [-0.05, 0) is 61.4 Å². The zero-order valence-corrected chi connectivity index (χ0v) is 25.0. The molecule has 1 N–H and O–H groups in total. The van der Waals surface area contributed by atoms with Crippen molar-refractivity contribution in [2.45, 2.75) is 32.3 Å². The molecule has 10 heteroatoms. The second-order valence-electron chi connectivity index (χ2n) is 9.66. The van der Waals surface area contributed by atoms with E-state index in [4.69, 9.17) is 38.8 Å². The number of amides is 1. The summed E-state index contributed by atoms with van der Waals surface area (Å²) in [7, 11) is 0. The van der Waals surface area contributed by atoms with Crippen molar-refractivity contribution in [3.8, 4) is 22.7 Å². The molecule has 4 aromatic rings. The number of thioether (sulfide) groups is 1. The third-order valence-electron chi connectivity index (χ3n) is 6.68. The van der Waals surface area contributed by atoms with Crippen LogP contribution in [0.4, 0.5) is 0 Å². The summed E-state index contributed by atoms with van der Waals surface area (Å²) in [5.41, 5.74) is 4.17. The van der Waals surface area contributed by atoms with Crippen LogP contribution >= 0.6 is 35.6 Å². The summed E-state index contributed by atoms with van der Waals surface area (Å²) in [5.74, 6) is -0.258. The number of aromatic nitrogens is 2. The van der Waals surface area contributed by atoms with Crippen molar-refractivity contribution in [1.29, 1.82) is 0 Å². The van der Waals surface area contributed by atoms with Crippen LogP contribution in [0.25, 0.3) is 23.0 Å². The lowest BCUT2D eigenvalue weighted by Gasteiger charge is -2.13. The molecular weight excluding hydrogens is 590 g/mol. The predicted octanol–water partition coefficient (Wildman–Crippen LogP) is 7.62. The molecule has 214 valence electrons. The first-order chi connectivity index (χ1) is 20.4. The lowest BCUT2D eigenvalue weighted by molar-refractivity contribution is -0.137. The van der Waals surface area contributed by atoms with Crippen LogP contribution < -0.4 is 4.74 Å². The van der Waals surface area contributed by atoms with Crippen molar-refractivity contribution < 1.29 is 19.4 Å². The van der Waals surface area contributed by atoms with Gasteiger partial charge in [0.05, 0.1) is 16.3 Å². The van der Waals surface area contributed by atoms with Gasteiger partial charge in [0.15, 0.2) is 0 Å². The summed E-state index contributed by atoms with van der Waals surface area (Å²) >= 11 is 13.0. The fourth-order valence-corrected chi connectivity index (χ4v) is 5.96. The van der Waals surface area contributed by atoms with Crippen molar-refractivity contribution in [3.63, 3.8) is 0 Å². The molecule has 42 heavy (non-hydrogen) atoms. The largest absolute Gasteiger partial charge is 0.489 e. The number of unbranched alkanes of at least 4 members (excludes halogenated alkanes) is 2. The molecule has 0 aliphatic carbocycles. The van der Waals surface area contributed by atoms with Gasteiger partial charge in [-0.25, -0.2) is 4.68 Å². The number of thiocarbonyl (C=S) groups is 1. The first-order valence-electron chi connectivity index (χ1n) is 13.5. The Balaban J connectivity index is 1.36. The maximum atomic E-state index is 13.3. The number of carbonyl (C=O) groups is 2. The van der Waals surface area contributed by atoms with Crippen molar-refractivity contribution in [2.75, 3.05) is 6.54 Å². The predicted molar refractivity (Wildman–Crippen MR) is 171 cm³/mol. The van der Waals surface area contributed by atoms with Gasteiger partial charge in [-0.3, -0.25) is 14.5 Å². The van der Waals surface area contributed by atoms with E-state index in [2.05, 4.69) is 0 Å². The first-order valence-corrected chi connectivity index (χ1v) is 15.1. The third-order valence-corrected chi connectivity index (χ3v) is 8.42. The molecule has 2 heterocycles. The molecular formula is C32H28ClN3O4S2. The molecule has 1 saturated heterocycles. The molecule has 0 unspecified atom stereocenters. The highest BCUT2D eigenvalue weighted by atomic mass is 35.5. The molecule has 1 amide bonds. The van der Waals surface area contributed by atoms with Gasteiger partial charge in [-0.2, -0.15) is 5.10 Å². The summed E-state index contributed by atoms with van der Waals surface area (Å²) in [5, 5.41) is 14.4. The number of hydrogen-bond acceptors (Lipinski definition) is 6. The van der Waals surface area contributed by atoms with Gasteiger partial charge in [0.25, 0.3) is 5.91 Å². The Morgan fingerprint density at radius 2 is 1.74 bits per heavy atom. The highest BCUT2D eigenvalue weighted by Crippen LogP contribution is 2.35. The Labute approximate surface area is 258 Å². The molecule has 0 saturated carbocycles. The molecule has 7 nitrogen and oxygen atoms in total. The van der Waals surface area contributed by atoms with Crippen LogP contribution in [0.3, 0.4) is 0 Å². The van der Waals surface area contributed by atoms with Gasteiger partial charge in [0, 0.05) is 40.9 Å². The maximum Gasteiger partial charge on any atom is 0.303 e. The van der Waals surface area contributed by atoms with Gasteiger partial charge in [-0.15, -0.1) is 0 Å². The zero-order chi connectivity index (χ0) is 29.5. The second-order valence-corrected chi connectivity index (χ2v) is 11.7. The molecule has 0 bridgehead atoms. The standard InChI is InChI=1S/C32H28ClN3O4S2/c33-27-12-7-6-9-23(27)21-40-26-16-14-22(15-17-26)30-24(20-36(34-30)25-10-3-1-4-11-25)19-28-31(39)35(32(41)42-28)18-8-2-5-13-29(37)38/h1,3-4,6-7,9-12,14-17,19-20H,2,5,8,13,18,21H2,(H,37,38). The lowest BCUT2D eigenvalue weighted by Crippen LogP contribution is -2.29. The zero-order valence-electron chi connectivity index (χ0n) is 22.6. The van der Waals surface area contributed by atoms with E-state index in [1.165, 1.54) is 11.8 Å². The number of carboxylic acid groups (broad SMARTS) is 1. The van der Waals surface area contributed by atoms with E-state index in [-0.39, 0.29) is 12.3 Å². The molecule has 1 aromatic heterocycles. The van der Waals surface area contributed by atoms with E-state index in [1.54, 1.807) is 9.58 Å². The number of aliphatic carboxylic acids is 1. The Kier molecular flexibility index (Phi) is 9.74. The highest BCUT2D eigenvalue weighted by Gasteiger charge is 2.32. The van der Waals surface area contributed by atoms with Gasteiger partial charge >= 0.3 is 5.97 Å². The van der Waals surface area contributed by atoms with Crippen LogP contribution in [0.1, 0.15) is 36.8 Å². The SMILES string of the molecule is O=C(O)CCCCCN1C(=O)C(=Cc2cn(-c3ccccc3)nc2-c2ccc(OCc3ccccc3Cl)cc2)SC1=S. The average Bonchev–Trinajstić information content (AvgIpc) is 3.53. The molecule has 1 aliphatic heterocycles. The number of nitrogens with zero attached hydrogens (tertiary/aromatic N) is 3. The van der Waals surface area contributed by atoms with Crippen molar-refractivity contribution in [1.82, 2.24) is 14.7 Å². The number of ether oxygens (including phenoxy) is 1. The van der Waals surface area contributed by atoms with Gasteiger partial charge in [-0.1, -0.05) is 78.4 Å². The van der Waals surface area contributed by atoms with E-state index in [1.807, 2.05) is 91.1 Å². The molecule has 3 aromatic carbocycles. The molecule has 0 atom stereocenters. The highest BCUT2D eigenvalue weighted by molar-refractivity contribution is 8.26. The van der Waals surface area contributed by atoms with Crippen molar-refractivity contribution in [2.24, 2.45) is 0 Å². The Bertz CT molecular complexity index is 1620. The quantitative estimate of drug-likeness (QED) is 0.0994. The number of halogens is 1. The maximum absolute atomic E-state index is 13.3. The summed E-state index contributed by atoms with van der Waals surface area (Å²) in [4.78, 5) is 26.2. The van der Waals surface area contributed by atoms with Crippen LogP contribution in [0, 0.1) is 0 Å². The molecule has 1 aliphatic rings. The first kappa shape index (κ1) is 29.6. The van der Waals surface area contributed by atoms with Crippen molar-refractivity contribution >= 4 is 57.9 Å². The summed E-state index contributed by atoms with van der Waals surface area (Å²) < 4.78 is 8.25. The normalized spacial score (nSPS) is 14.1. The number of benzene rings is 3. The van der Waals surface area contributed by atoms with E-state index >= 15 is 0 Å². The number of hydrogen-bond donors (Lipinski definition) is 1. The topological polar surface area (TPSA) is 84.7 Å². The second kappa shape index (κ2) is 13.8. The van der Waals surface area contributed by atoms with Crippen LogP contribution in [0.5, 0.6) is 5.75 Å². The molecule has 5 rings (SSSR count). The Morgan fingerprint density at radius 3 is 2.48 bits per heavy atom. The number of para-hydroxylation sites is 1. The van der Waals surface area contributed by atoms with Crippen LogP contribution in [0.2, 0.25) is 5.02 Å². The number of carboxylic acids is 1. The smallest absolute Gasteiger partial charge is 0.303 e. The summed E-state index contributed by atoms with van der Waals surface area (Å²) in [6.45, 7) is 0.821. The third kappa shape index (κ3) is 7.28. The van der Waals surface area contributed by atoms with E-state index in [0.717, 1.165) is 28.1 Å². The van der Waals surface area contributed by atoms with E-state index in [0.29, 0.717) is 52.4 Å². The van der Waals surface area contributed by atoms with Gasteiger partial charge in [0.2, 0.25) is 0 Å². The summed E-state index contributed by atoms with van der Waals surface area (Å²) in [6.07, 6.45) is 5.86. The van der Waals surface area contributed by atoms with Crippen LogP contribution in [-0.4, -0.2) is 42.5 Å².